The lowest BCUT2D eigenvalue weighted by Gasteiger charge is -2.35. The number of imidazole rings is 1. The van der Waals surface area contributed by atoms with E-state index in [1.807, 2.05) is 0 Å². The van der Waals surface area contributed by atoms with E-state index in [0.717, 1.165) is 12.3 Å². The van der Waals surface area contributed by atoms with Crippen LogP contribution in [0.5, 0.6) is 0 Å². The smallest absolute Gasteiger partial charge is 0.433 e. The van der Waals surface area contributed by atoms with E-state index in [2.05, 4.69) is 30.2 Å². The van der Waals surface area contributed by atoms with Gasteiger partial charge in [0.2, 0.25) is 5.95 Å². The highest BCUT2D eigenvalue weighted by Gasteiger charge is 2.40. The number of aromatic nitrogens is 5. The third-order valence-electron chi connectivity index (χ3n) is 6.80. The van der Waals surface area contributed by atoms with Gasteiger partial charge in [-0.15, -0.1) is 11.3 Å². The van der Waals surface area contributed by atoms with Crippen molar-refractivity contribution in [1.82, 2.24) is 24.9 Å². The van der Waals surface area contributed by atoms with Crippen molar-refractivity contribution in [2.24, 2.45) is 11.8 Å². The van der Waals surface area contributed by atoms with Gasteiger partial charge < -0.3 is 20.5 Å². The second-order valence-electron chi connectivity index (χ2n) is 9.27. The summed E-state index contributed by atoms with van der Waals surface area (Å²) in [6.07, 6.45) is 1.76. The number of aliphatic hydroxyl groups is 1. The Hall–Kier alpha value is -3.58. The topological polar surface area (TPSA) is 137 Å². The molecular formula is C24H23F3N6O3S. The standard InChI is InChI=1S/C24H23F3N6O3S/c1-23(36,13-4-2-12(3-5-13)20(34)35)21-29-10-17(37-21)15-8-14(9-16-19(15)31-11-30-16)32-22-28-7-6-18(33-22)24(25,26)27/h6-13,36H,2-5H2,1H3,(H,30,31)(H,34,35)(H,28,32,33)/t12-,13-,23-/m0/s1. The van der Waals surface area contributed by atoms with Crippen molar-refractivity contribution < 1.29 is 28.2 Å². The zero-order valence-electron chi connectivity index (χ0n) is 19.6. The Morgan fingerprint density at radius 1 is 1.16 bits per heavy atom. The highest BCUT2D eigenvalue weighted by atomic mass is 32.1. The number of halogens is 3. The van der Waals surface area contributed by atoms with Crippen LogP contribution in [0.3, 0.4) is 0 Å². The van der Waals surface area contributed by atoms with Crippen molar-refractivity contribution >= 4 is 40.0 Å². The molecule has 4 aromatic rings. The molecule has 37 heavy (non-hydrogen) atoms. The summed E-state index contributed by atoms with van der Waals surface area (Å²) in [7, 11) is 0. The van der Waals surface area contributed by atoms with E-state index in [4.69, 9.17) is 0 Å². The molecule has 13 heteroatoms. The predicted molar refractivity (Wildman–Crippen MR) is 130 cm³/mol. The number of alkyl halides is 3. The number of carboxylic acid groups (broad SMARTS) is 1. The van der Waals surface area contributed by atoms with Crippen molar-refractivity contribution in [3.63, 3.8) is 0 Å². The van der Waals surface area contributed by atoms with Gasteiger partial charge in [0.05, 0.1) is 28.2 Å². The van der Waals surface area contributed by atoms with Crippen LogP contribution in [-0.2, 0) is 16.6 Å². The van der Waals surface area contributed by atoms with Gasteiger partial charge >= 0.3 is 12.1 Å². The van der Waals surface area contributed by atoms with Gasteiger partial charge in [-0.2, -0.15) is 13.2 Å². The largest absolute Gasteiger partial charge is 0.481 e. The highest BCUT2D eigenvalue weighted by molar-refractivity contribution is 7.15. The minimum Gasteiger partial charge on any atom is -0.481 e. The first-order valence-electron chi connectivity index (χ1n) is 11.6. The maximum absolute atomic E-state index is 13.1. The Balaban J connectivity index is 1.43. The number of fused-ring (bicyclic) bond motifs is 1. The first kappa shape index (κ1) is 25.1. The predicted octanol–water partition coefficient (Wildman–Crippen LogP) is 5.34. The lowest BCUT2D eigenvalue weighted by molar-refractivity contribution is -0.144. The average molecular weight is 533 g/mol. The molecule has 4 N–H and O–H groups in total. The van der Waals surface area contributed by atoms with E-state index < -0.39 is 23.4 Å². The van der Waals surface area contributed by atoms with Gasteiger partial charge in [0, 0.05) is 23.6 Å². The van der Waals surface area contributed by atoms with Crippen LogP contribution in [0, 0.1) is 11.8 Å². The van der Waals surface area contributed by atoms with Crippen molar-refractivity contribution in [2.45, 2.75) is 44.4 Å². The van der Waals surface area contributed by atoms with Crippen molar-refractivity contribution in [2.75, 3.05) is 5.32 Å². The maximum Gasteiger partial charge on any atom is 0.433 e. The molecule has 0 aliphatic heterocycles. The van der Waals surface area contributed by atoms with E-state index in [0.29, 0.717) is 57.9 Å². The van der Waals surface area contributed by atoms with Crippen LogP contribution in [0.4, 0.5) is 24.8 Å². The van der Waals surface area contributed by atoms with Crippen LogP contribution in [0.2, 0.25) is 0 Å². The fraction of sp³-hybridized carbons (Fsp3) is 0.375. The Morgan fingerprint density at radius 2 is 1.92 bits per heavy atom. The van der Waals surface area contributed by atoms with Gasteiger partial charge in [-0.1, -0.05) is 0 Å². The summed E-state index contributed by atoms with van der Waals surface area (Å²) in [6, 6.07) is 4.21. The van der Waals surface area contributed by atoms with Gasteiger partial charge in [0.25, 0.3) is 0 Å². The molecular weight excluding hydrogens is 509 g/mol. The normalized spacial score (nSPS) is 20.0. The molecule has 0 radical (unpaired) electrons. The number of H-pyrrole nitrogens is 1. The summed E-state index contributed by atoms with van der Waals surface area (Å²) in [5.74, 6) is -1.52. The van der Waals surface area contributed by atoms with Gasteiger partial charge in [-0.3, -0.25) is 4.79 Å². The maximum atomic E-state index is 13.1. The first-order chi connectivity index (χ1) is 17.5. The zero-order chi connectivity index (χ0) is 26.4. The lowest BCUT2D eigenvalue weighted by atomic mass is 9.74. The molecule has 0 amide bonds. The van der Waals surface area contributed by atoms with E-state index in [9.17, 15) is 28.2 Å². The SMILES string of the molecule is C[C@@](O)(c1ncc(-c2cc(Nc3nccc(C(F)(F)F)n3)cc3[nH]cnc23)s1)[C@H]1CC[C@H](C(=O)O)CC1. The van der Waals surface area contributed by atoms with Crippen LogP contribution >= 0.6 is 11.3 Å². The molecule has 3 heterocycles. The molecule has 0 spiro atoms. The number of nitrogens with zero attached hydrogens (tertiary/aromatic N) is 4. The number of aromatic amines is 1. The van der Waals surface area contributed by atoms with Gasteiger partial charge in [-0.05, 0) is 56.7 Å². The number of hydrogen-bond acceptors (Lipinski definition) is 8. The molecule has 3 aromatic heterocycles. The lowest BCUT2D eigenvalue weighted by Crippen LogP contribution is -2.35. The van der Waals surface area contributed by atoms with Crippen molar-refractivity contribution in [1.29, 1.82) is 0 Å². The third kappa shape index (κ3) is 5.01. The Morgan fingerprint density at radius 3 is 2.62 bits per heavy atom. The molecule has 1 aromatic carbocycles. The van der Waals surface area contributed by atoms with Crippen molar-refractivity contribution in [3.05, 3.63) is 47.6 Å². The molecule has 1 atom stereocenters. The second kappa shape index (κ2) is 9.38. The second-order valence-corrected chi connectivity index (χ2v) is 10.3. The molecule has 5 rings (SSSR count). The van der Waals surface area contributed by atoms with Crippen LogP contribution in [0.25, 0.3) is 21.5 Å². The van der Waals surface area contributed by atoms with E-state index >= 15 is 0 Å². The monoisotopic (exact) mass is 532 g/mol. The molecule has 194 valence electrons. The number of carbonyl (C=O) groups is 1. The minimum atomic E-state index is -4.60. The number of hydrogen-bond donors (Lipinski definition) is 4. The summed E-state index contributed by atoms with van der Waals surface area (Å²) in [5.41, 5.74) is 0.0911. The van der Waals surface area contributed by atoms with E-state index in [1.165, 1.54) is 17.7 Å². The fourth-order valence-electron chi connectivity index (χ4n) is 4.73. The Labute approximate surface area is 212 Å². The quantitative estimate of drug-likeness (QED) is 0.261. The molecule has 1 aliphatic carbocycles. The molecule has 0 bridgehead atoms. The number of thiazole rings is 1. The number of carboxylic acids is 1. The van der Waals surface area contributed by atoms with E-state index in [-0.39, 0.29) is 17.8 Å². The van der Waals surface area contributed by atoms with Crippen LogP contribution in [0.1, 0.15) is 43.3 Å². The van der Waals surface area contributed by atoms with Crippen LogP contribution < -0.4 is 5.32 Å². The number of nitrogens with one attached hydrogen (secondary N) is 2. The summed E-state index contributed by atoms with van der Waals surface area (Å²) in [6.45, 7) is 1.70. The number of aliphatic carboxylic acids is 1. The molecule has 9 nitrogen and oxygen atoms in total. The van der Waals surface area contributed by atoms with Gasteiger partial charge in [0.1, 0.15) is 16.3 Å². The zero-order valence-corrected chi connectivity index (χ0v) is 20.4. The molecule has 1 aliphatic rings. The average Bonchev–Trinajstić information content (AvgIpc) is 3.54. The fourth-order valence-corrected chi connectivity index (χ4v) is 5.78. The summed E-state index contributed by atoms with van der Waals surface area (Å²) < 4.78 is 39.2. The summed E-state index contributed by atoms with van der Waals surface area (Å²) in [5, 5.41) is 24.0. The van der Waals surface area contributed by atoms with E-state index in [1.54, 1.807) is 25.3 Å². The van der Waals surface area contributed by atoms with Crippen LogP contribution in [-0.4, -0.2) is 41.1 Å². The van der Waals surface area contributed by atoms with Gasteiger partial charge in [-0.25, -0.2) is 19.9 Å². The highest BCUT2D eigenvalue weighted by Crippen LogP contribution is 2.44. The third-order valence-corrected chi connectivity index (χ3v) is 8.06. The number of anilines is 2. The summed E-state index contributed by atoms with van der Waals surface area (Å²) >= 11 is 1.29. The number of rotatable bonds is 6. The first-order valence-corrected chi connectivity index (χ1v) is 12.4. The van der Waals surface area contributed by atoms with Gasteiger partial charge in [0.15, 0.2) is 0 Å². The minimum absolute atomic E-state index is 0.126. The van der Waals surface area contributed by atoms with Crippen LogP contribution in [0.15, 0.2) is 36.9 Å². The molecule has 1 fully saturated rings. The Bertz CT molecular complexity index is 1440. The molecule has 1 saturated carbocycles. The van der Waals surface area contributed by atoms with Crippen molar-refractivity contribution in [3.8, 4) is 10.4 Å². The Kier molecular flexibility index (Phi) is 6.36. The summed E-state index contributed by atoms with van der Waals surface area (Å²) in [4.78, 5) is 31.3. The molecule has 0 saturated heterocycles. The molecule has 0 unspecified atom stereocenters. The number of benzene rings is 1.